The van der Waals surface area contributed by atoms with Gasteiger partial charge in [0.25, 0.3) is 0 Å². The van der Waals surface area contributed by atoms with Gasteiger partial charge in [-0.2, -0.15) is 0 Å². The molecule has 2 aromatic rings. The van der Waals surface area contributed by atoms with Crippen molar-refractivity contribution in [1.29, 1.82) is 0 Å². The van der Waals surface area contributed by atoms with Crippen LogP contribution < -0.4 is 4.74 Å². The van der Waals surface area contributed by atoms with Crippen LogP contribution in [0.1, 0.15) is 11.4 Å². The van der Waals surface area contributed by atoms with Crippen LogP contribution >= 0.6 is 0 Å². The van der Waals surface area contributed by atoms with E-state index in [1.54, 1.807) is 24.5 Å². The molecule has 0 bridgehead atoms. The Hall–Kier alpha value is -2.01. The van der Waals surface area contributed by atoms with Crippen molar-refractivity contribution in [2.75, 3.05) is 7.11 Å². The molecular formula is C16H14FeN2O4S. The number of hydrogen-bond acceptors (Lipinski definition) is 5. The van der Waals surface area contributed by atoms with Crippen LogP contribution in [0.3, 0.4) is 0 Å². The molecule has 0 spiro atoms. The second-order valence-electron chi connectivity index (χ2n) is 3.61. The normalized spacial score (nSPS) is 7.42. The maximum absolute atomic E-state index is 9.97. The van der Waals surface area contributed by atoms with Gasteiger partial charge in [0.2, 0.25) is 5.88 Å². The van der Waals surface area contributed by atoms with Gasteiger partial charge in [-0.1, -0.05) is 23.2 Å². The Bertz CT molecular complexity index is 598. The van der Waals surface area contributed by atoms with Crippen molar-refractivity contribution in [1.82, 2.24) is 9.97 Å². The smallest absolute Gasteiger partial charge is 2.00 e. The summed E-state index contributed by atoms with van der Waals surface area (Å²) < 4.78 is 19.9. The third-order valence-electron chi connectivity index (χ3n) is 2.11. The molecule has 0 radical (unpaired) electrons. The predicted octanol–water partition coefficient (Wildman–Crippen LogP) is 1.96. The first-order valence-electron chi connectivity index (χ1n) is 6.02. The zero-order chi connectivity index (χ0) is 18.1. The largest absolute Gasteiger partial charge is 2.00 e. The minimum Gasteiger partial charge on any atom is 2.00 e. The van der Waals surface area contributed by atoms with Crippen molar-refractivity contribution in [3.05, 3.63) is 61.1 Å². The van der Waals surface area contributed by atoms with Gasteiger partial charge in [0.1, 0.15) is 0 Å². The molecule has 0 N–H and O–H groups in total. The first-order valence-corrected chi connectivity index (χ1v) is 6.43. The van der Waals surface area contributed by atoms with Crippen LogP contribution in [-0.2, 0) is 50.2 Å². The van der Waals surface area contributed by atoms with Gasteiger partial charge in [0.15, 0.2) is 0 Å². The molecule has 2 rings (SSSR count). The van der Waals surface area contributed by atoms with Crippen LogP contribution in [0, 0.1) is 20.2 Å². The van der Waals surface area contributed by atoms with Gasteiger partial charge in [0.05, 0.1) is 7.11 Å². The molecule has 0 amide bonds. The van der Waals surface area contributed by atoms with E-state index in [2.05, 4.69) is 23.3 Å². The second kappa shape index (κ2) is 19.0. The van der Waals surface area contributed by atoms with E-state index >= 15 is 0 Å². The van der Waals surface area contributed by atoms with Crippen molar-refractivity contribution >= 4 is 18.9 Å². The fourth-order valence-corrected chi connectivity index (χ4v) is 1.48. The summed E-state index contributed by atoms with van der Waals surface area (Å²) in [6.45, 7) is 10.9. The molecular weight excluding hydrogens is 372 g/mol. The number of aryl methyl sites for hydroxylation is 1. The third-order valence-corrected chi connectivity index (χ3v) is 2.33. The van der Waals surface area contributed by atoms with E-state index in [1.807, 2.05) is 25.1 Å². The molecule has 6 nitrogen and oxygen atoms in total. The fourth-order valence-electron chi connectivity index (χ4n) is 1.26. The number of hydrogen-bond donors (Lipinski definition) is 0. The number of pyridine rings is 2. The number of ether oxygens (including phenoxy) is 1. The molecule has 0 saturated heterocycles. The Morgan fingerprint density at radius 2 is 1.71 bits per heavy atom. The number of methoxy groups -OCH3 is 1. The molecule has 0 atom stereocenters. The summed E-state index contributed by atoms with van der Waals surface area (Å²) >= 11 is 4.79. The zero-order valence-corrected chi connectivity index (χ0v) is 14.9. The molecule has 126 valence electrons. The molecule has 0 aliphatic rings. The van der Waals surface area contributed by atoms with Crippen LogP contribution in [0.25, 0.3) is 0 Å². The number of carbonyl (C=O) groups excluding carboxylic acids is 1. The van der Waals surface area contributed by atoms with Crippen molar-refractivity contribution in [3.63, 3.8) is 0 Å². The summed E-state index contributed by atoms with van der Waals surface area (Å²) in [6, 6.07) is 10.9. The topological polar surface area (TPSA) is 91.9 Å². The molecule has 0 aromatic carbocycles. The molecule has 0 saturated carbocycles. The van der Waals surface area contributed by atoms with Crippen LogP contribution in [-0.4, -0.2) is 23.4 Å². The Morgan fingerprint density at radius 3 is 2.12 bits per heavy atom. The van der Waals surface area contributed by atoms with E-state index in [9.17, 15) is 4.79 Å². The molecule has 0 unspecified atom stereocenters. The third kappa shape index (κ3) is 13.6. The molecule has 0 aliphatic carbocycles. The van der Waals surface area contributed by atoms with Crippen LogP contribution in [0.5, 0.6) is 5.88 Å². The average Bonchev–Trinajstić information content (AvgIpc) is 2.59. The summed E-state index contributed by atoms with van der Waals surface area (Å²) in [5, 5.41) is 0.671. The number of nitrogens with zero attached hydrogens (tertiary/aromatic N) is 2. The fraction of sp³-hybridized carbons (Fsp3) is 0.188. The molecule has 0 aliphatic heterocycles. The van der Waals surface area contributed by atoms with Crippen molar-refractivity contribution in [3.8, 4) is 5.88 Å². The number of rotatable bonds is 3. The summed E-state index contributed by atoms with van der Waals surface area (Å²) in [6.07, 6.45) is 1.99. The minimum atomic E-state index is 0. The first-order chi connectivity index (χ1) is 11.2. The Labute approximate surface area is 157 Å². The van der Waals surface area contributed by atoms with E-state index in [4.69, 9.17) is 26.7 Å². The van der Waals surface area contributed by atoms with E-state index in [1.165, 1.54) is 7.11 Å². The zero-order valence-electron chi connectivity index (χ0n) is 13.0. The minimum absolute atomic E-state index is 0. The van der Waals surface area contributed by atoms with Gasteiger partial charge in [-0.05, 0) is 19.1 Å². The van der Waals surface area contributed by atoms with Gasteiger partial charge >= 0.3 is 39.7 Å². The summed E-state index contributed by atoms with van der Waals surface area (Å²) in [5.74, 6) is 0.526. The maximum Gasteiger partial charge on any atom is 2.00 e. The SMILES string of the molecule is COc1cccc(C[C-]=O)n1.Cc1cccc([S-])n1.[C-]#[O+].[C-]#[O+].[Fe+2]. The standard InChI is InChI=1S/C8H8NO2.C6H7NS.2CO.Fe/c1-11-8-4-2-3-7(9-8)5-6-10;1-5-3-2-4-6(8)7-5;2*1-2;/h2-4H,5H2,1H3;2-4H,1H3,(H,7,8);;;/q-1;;;;+2/p-1. The average molecular weight is 386 g/mol. The quantitative estimate of drug-likeness (QED) is 0.348. The monoisotopic (exact) mass is 386 g/mol. The molecule has 2 heterocycles. The maximum atomic E-state index is 9.97. The van der Waals surface area contributed by atoms with Crippen molar-refractivity contribution in [2.45, 2.75) is 18.4 Å². The first kappa shape index (κ1) is 26.9. The van der Waals surface area contributed by atoms with Crippen LogP contribution in [0.4, 0.5) is 0 Å². The summed E-state index contributed by atoms with van der Waals surface area (Å²) in [5.41, 5.74) is 1.66. The van der Waals surface area contributed by atoms with Crippen LogP contribution in [0.2, 0.25) is 0 Å². The molecule has 8 heteroatoms. The summed E-state index contributed by atoms with van der Waals surface area (Å²) in [7, 11) is 1.54. The number of aromatic nitrogens is 2. The van der Waals surface area contributed by atoms with E-state index < -0.39 is 0 Å². The Morgan fingerprint density at radius 1 is 1.12 bits per heavy atom. The van der Waals surface area contributed by atoms with E-state index in [0.29, 0.717) is 16.6 Å². The molecule has 2 aromatic heterocycles. The van der Waals surface area contributed by atoms with Gasteiger partial charge in [0, 0.05) is 17.5 Å². The predicted molar refractivity (Wildman–Crippen MR) is 82.7 cm³/mol. The second-order valence-corrected chi connectivity index (χ2v) is 4.03. The van der Waals surface area contributed by atoms with Crippen LogP contribution in [0.15, 0.2) is 41.4 Å². The summed E-state index contributed by atoms with van der Waals surface area (Å²) in [4.78, 5) is 18.0. The van der Waals surface area contributed by atoms with Gasteiger partial charge < -0.3 is 22.2 Å². The molecule has 0 fully saturated rings. The van der Waals surface area contributed by atoms with E-state index in [-0.39, 0.29) is 23.5 Å². The van der Waals surface area contributed by atoms with E-state index in [0.717, 1.165) is 5.69 Å². The van der Waals surface area contributed by atoms with Gasteiger partial charge in [-0.15, -0.1) is 6.42 Å². The van der Waals surface area contributed by atoms with Gasteiger partial charge in [-0.25, -0.2) is 4.98 Å². The van der Waals surface area contributed by atoms with Crippen molar-refractivity contribution in [2.24, 2.45) is 0 Å². The Kier molecular flexibility index (Phi) is 21.3. The van der Waals surface area contributed by atoms with Gasteiger partial charge in [-0.3, -0.25) is 11.3 Å². The molecule has 24 heavy (non-hydrogen) atoms. The van der Waals surface area contributed by atoms with Crippen molar-refractivity contribution < 1.29 is 35.9 Å². The Balaban J connectivity index is -0.000000302.